The minimum atomic E-state index is 0.358. The smallest absolute Gasteiger partial charge is 0.158 e. The van der Waals surface area contributed by atoms with Crippen molar-refractivity contribution in [2.45, 2.75) is 78.1 Å². The van der Waals surface area contributed by atoms with Crippen molar-refractivity contribution in [3.05, 3.63) is 40.5 Å². The maximum atomic E-state index is 12.0. The largest absolute Gasteiger partial charge is 0.295 e. The number of carbonyl (C=O) groups is 1. The molecule has 0 aliphatic heterocycles. The van der Waals surface area contributed by atoms with Crippen molar-refractivity contribution >= 4 is 11.9 Å². The molecule has 2 rings (SSSR count). The van der Waals surface area contributed by atoms with Gasteiger partial charge in [0.1, 0.15) is 0 Å². The zero-order valence-corrected chi connectivity index (χ0v) is 14.3. The highest BCUT2D eigenvalue weighted by Gasteiger charge is 2.14. The third kappa shape index (κ3) is 4.83. The molecule has 1 aliphatic rings. The Labute approximate surface area is 135 Å². The van der Waals surface area contributed by atoms with E-state index in [0.717, 1.165) is 31.3 Å². The molecule has 0 bridgehead atoms. The van der Waals surface area contributed by atoms with Crippen LogP contribution in [0.3, 0.4) is 0 Å². The number of ketones is 1. The number of carbonyl (C=O) groups excluding carboxylic acids is 1. The van der Waals surface area contributed by atoms with E-state index < -0.39 is 0 Å². The standard InChI is InChI=1S/C21H30O/c1-3-5-9-18-14-13-17(15-19(18)10-6-4-2)16-20-11-7-8-12-21(20)22/h13-16H,3-12H2,1-2H3. The summed E-state index contributed by atoms with van der Waals surface area (Å²) in [5, 5.41) is 0. The summed E-state index contributed by atoms with van der Waals surface area (Å²) in [6.07, 6.45) is 13.4. The molecule has 0 atom stereocenters. The van der Waals surface area contributed by atoms with Crippen LogP contribution in [0.5, 0.6) is 0 Å². The number of Topliss-reactive ketones (excluding diaryl/α,β-unsaturated/α-hetero) is 1. The van der Waals surface area contributed by atoms with E-state index in [1.165, 1.54) is 55.2 Å². The monoisotopic (exact) mass is 298 g/mol. The van der Waals surface area contributed by atoms with Crippen molar-refractivity contribution < 1.29 is 4.79 Å². The lowest BCUT2D eigenvalue weighted by Gasteiger charge is -2.14. The molecule has 0 heterocycles. The molecule has 1 fully saturated rings. The van der Waals surface area contributed by atoms with Crippen LogP contribution in [-0.2, 0) is 17.6 Å². The van der Waals surface area contributed by atoms with Gasteiger partial charge >= 0.3 is 0 Å². The van der Waals surface area contributed by atoms with Gasteiger partial charge in [0, 0.05) is 6.42 Å². The molecule has 0 radical (unpaired) electrons. The zero-order chi connectivity index (χ0) is 15.8. The van der Waals surface area contributed by atoms with Gasteiger partial charge in [0.2, 0.25) is 0 Å². The number of hydrogen-bond donors (Lipinski definition) is 0. The van der Waals surface area contributed by atoms with Crippen LogP contribution in [0.25, 0.3) is 6.08 Å². The average Bonchev–Trinajstić information content (AvgIpc) is 2.54. The number of allylic oxidation sites excluding steroid dienone is 1. The summed E-state index contributed by atoms with van der Waals surface area (Å²) < 4.78 is 0. The lowest BCUT2D eigenvalue weighted by atomic mass is 9.90. The quantitative estimate of drug-likeness (QED) is 0.573. The maximum absolute atomic E-state index is 12.0. The van der Waals surface area contributed by atoms with Gasteiger partial charge in [-0.3, -0.25) is 4.79 Å². The lowest BCUT2D eigenvalue weighted by molar-refractivity contribution is -0.116. The molecule has 1 aromatic carbocycles. The summed E-state index contributed by atoms with van der Waals surface area (Å²) in [6.45, 7) is 4.50. The summed E-state index contributed by atoms with van der Waals surface area (Å²) in [5.74, 6) is 0.358. The van der Waals surface area contributed by atoms with Crippen LogP contribution in [-0.4, -0.2) is 5.78 Å². The molecule has 0 spiro atoms. The van der Waals surface area contributed by atoms with Gasteiger partial charge in [0.15, 0.2) is 5.78 Å². The Balaban J connectivity index is 2.21. The minimum absolute atomic E-state index is 0.358. The van der Waals surface area contributed by atoms with Gasteiger partial charge < -0.3 is 0 Å². The van der Waals surface area contributed by atoms with Crippen molar-refractivity contribution in [3.63, 3.8) is 0 Å². The molecule has 0 saturated heterocycles. The first kappa shape index (κ1) is 17.0. The molecule has 0 unspecified atom stereocenters. The summed E-state index contributed by atoms with van der Waals surface area (Å²) in [7, 11) is 0. The van der Waals surface area contributed by atoms with E-state index in [2.05, 4.69) is 38.1 Å². The molecule has 1 nitrogen and oxygen atoms in total. The van der Waals surface area contributed by atoms with E-state index in [9.17, 15) is 4.79 Å². The van der Waals surface area contributed by atoms with E-state index in [1.807, 2.05) is 0 Å². The molecule has 1 saturated carbocycles. The fourth-order valence-corrected chi connectivity index (χ4v) is 3.20. The molecule has 0 N–H and O–H groups in total. The normalized spacial score (nSPS) is 17.2. The molecular weight excluding hydrogens is 268 g/mol. The highest BCUT2D eigenvalue weighted by atomic mass is 16.1. The molecule has 0 amide bonds. The van der Waals surface area contributed by atoms with Crippen molar-refractivity contribution in [2.75, 3.05) is 0 Å². The summed E-state index contributed by atoms with van der Waals surface area (Å²) >= 11 is 0. The molecule has 1 heteroatoms. The van der Waals surface area contributed by atoms with E-state index in [0.29, 0.717) is 5.78 Å². The first-order valence-corrected chi connectivity index (χ1v) is 9.10. The Morgan fingerprint density at radius 2 is 1.64 bits per heavy atom. The van der Waals surface area contributed by atoms with E-state index in [4.69, 9.17) is 0 Å². The van der Waals surface area contributed by atoms with Crippen molar-refractivity contribution in [1.82, 2.24) is 0 Å². The predicted octanol–water partition coefficient (Wildman–Crippen LogP) is 5.90. The van der Waals surface area contributed by atoms with Gasteiger partial charge in [-0.1, -0.05) is 44.9 Å². The Morgan fingerprint density at radius 1 is 0.955 bits per heavy atom. The lowest BCUT2D eigenvalue weighted by Crippen LogP contribution is -2.08. The molecule has 1 aliphatic carbocycles. The summed E-state index contributed by atoms with van der Waals surface area (Å²) in [4.78, 5) is 12.0. The van der Waals surface area contributed by atoms with Crippen LogP contribution in [0.2, 0.25) is 0 Å². The number of hydrogen-bond acceptors (Lipinski definition) is 1. The topological polar surface area (TPSA) is 17.1 Å². The maximum Gasteiger partial charge on any atom is 0.158 e. The highest BCUT2D eigenvalue weighted by Crippen LogP contribution is 2.24. The van der Waals surface area contributed by atoms with Crippen LogP contribution in [0.1, 0.15) is 81.9 Å². The molecular formula is C21H30O. The summed E-state index contributed by atoms with van der Waals surface area (Å²) in [6, 6.07) is 6.82. The zero-order valence-electron chi connectivity index (χ0n) is 14.3. The second-order valence-corrected chi connectivity index (χ2v) is 6.54. The van der Waals surface area contributed by atoms with Crippen molar-refractivity contribution in [1.29, 1.82) is 0 Å². The number of rotatable bonds is 7. The van der Waals surface area contributed by atoms with Gasteiger partial charge in [-0.05, 0) is 73.3 Å². The van der Waals surface area contributed by atoms with E-state index in [-0.39, 0.29) is 0 Å². The number of benzene rings is 1. The van der Waals surface area contributed by atoms with Gasteiger partial charge in [0.25, 0.3) is 0 Å². The van der Waals surface area contributed by atoms with Crippen LogP contribution < -0.4 is 0 Å². The molecule has 22 heavy (non-hydrogen) atoms. The van der Waals surface area contributed by atoms with Gasteiger partial charge in [-0.15, -0.1) is 0 Å². The molecule has 120 valence electrons. The third-order valence-corrected chi connectivity index (χ3v) is 4.63. The Morgan fingerprint density at radius 3 is 2.32 bits per heavy atom. The van der Waals surface area contributed by atoms with Crippen LogP contribution >= 0.6 is 0 Å². The number of aryl methyl sites for hydroxylation is 2. The van der Waals surface area contributed by atoms with Gasteiger partial charge in [0.05, 0.1) is 0 Å². The van der Waals surface area contributed by atoms with Crippen molar-refractivity contribution in [3.8, 4) is 0 Å². The van der Waals surface area contributed by atoms with Crippen molar-refractivity contribution in [2.24, 2.45) is 0 Å². The molecule has 0 aromatic heterocycles. The van der Waals surface area contributed by atoms with Crippen LogP contribution in [0.15, 0.2) is 23.8 Å². The van der Waals surface area contributed by atoms with Crippen LogP contribution in [0, 0.1) is 0 Å². The SMILES string of the molecule is CCCCc1ccc(C=C2CCCCC2=O)cc1CCCC. The first-order chi connectivity index (χ1) is 10.7. The average molecular weight is 298 g/mol. The van der Waals surface area contributed by atoms with Crippen LogP contribution in [0.4, 0.5) is 0 Å². The Bertz CT molecular complexity index is 525. The predicted molar refractivity (Wildman–Crippen MR) is 95.1 cm³/mol. The third-order valence-electron chi connectivity index (χ3n) is 4.63. The molecule has 1 aromatic rings. The minimum Gasteiger partial charge on any atom is -0.295 e. The van der Waals surface area contributed by atoms with E-state index in [1.54, 1.807) is 0 Å². The van der Waals surface area contributed by atoms with Gasteiger partial charge in [-0.2, -0.15) is 0 Å². The fraction of sp³-hybridized carbons (Fsp3) is 0.571. The Hall–Kier alpha value is -1.37. The fourth-order valence-electron chi connectivity index (χ4n) is 3.20. The second kappa shape index (κ2) is 8.92. The van der Waals surface area contributed by atoms with Gasteiger partial charge in [-0.25, -0.2) is 0 Å². The highest BCUT2D eigenvalue weighted by molar-refractivity contribution is 6.00. The second-order valence-electron chi connectivity index (χ2n) is 6.54. The Kier molecular flexibility index (Phi) is 6.89. The summed E-state index contributed by atoms with van der Waals surface area (Å²) in [5.41, 5.74) is 5.26. The van der Waals surface area contributed by atoms with E-state index >= 15 is 0 Å². The first-order valence-electron chi connectivity index (χ1n) is 9.10. The number of unbranched alkanes of at least 4 members (excludes halogenated alkanes) is 2.